The lowest BCUT2D eigenvalue weighted by Gasteiger charge is -1.99. The number of nitrogens with one attached hydrogen (secondary N) is 1. The highest BCUT2D eigenvalue weighted by Crippen LogP contribution is 2.10. The third kappa shape index (κ3) is 3.17. The summed E-state index contributed by atoms with van der Waals surface area (Å²) in [5, 5.41) is 11.1. The van der Waals surface area contributed by atoms with E-state index in [1.165, 1.54) is 17.3 Å². The number of thioether (sulfide) groups is 1. The van der Waals surface area contributed by atoms with Crippen LogP contribution in [0.15, 0.2) is 28.4 Å². The van der Waals surface area contributed by atoms with Gasteiger partial charge in [0.15, 0.2) is 5.17 Å². The van der Waals surface area contributed by atoms with Crippen molar-refractivity contribution in [2.24, 2.45) is 10.2 Å². The molecule has 1 aliphatic rings. The molecule has 1 heterocycles. The highest BCUT2D eigenvalue weighted by atomic mass is 32.2. The first-order valence-electron chi connectivity index (χ1n) is 5.26. The van der Waals surface area contributed by atoms with Gasteiger partial charge in [-0.1, -0.05) is 35.5 Å². The van der Waals surface area contributed by atoms with Crippen LogP contribution in [0.25, 0.3) is 0 Å². The number of rotatable bonds is 2. The molecule has 1 N–H and O–H groups in total. The molecule has 5 heteroatoms. The molecule has 0 bridgehead atoms. The number of hydrogen-bond donors (Lipinski definition) is 1. The molecule has 0 spiro atoms. The van der Waals surface area contributed by atoms with E-state index in [0.29, 0.717) is 10.9 Å². The summed E-state index contributed by atoms with van der Waals surface area (Å²) in [7, 11) is 0. The Morgan fingerprint density at radius 2 is 2.24 bits per heavy atom. The van der Waals surface area contributed by atoms with Gasteiger partial charge in [-0.3, -0.25) is 4.79 Å². The molecule has 1 amide bonds. The first-order valence-corrected chi connectivity index (χ1v) is 6.24. The molecule has 0 saturated carbocycles. The van der Waals surface area contributed by atoms with E-state index in [1.807, 2.05) is 13.8 Å². The van der Waals surface area contributed by atoms with Crippen LogP contribution in [0.3, 0.4) is 0 Å². The zero-order chi connectivity index (χ0) is 12.3. The van der Waals surface area contributed by atoms with Crippen LogP contribution >= 0.6 is 11.8 Å². The average Bonchev–Trinajstić information content (AvgIpc) is 2.69. The van der Waals surface area contributed by atoms with Crippen molar-refractivity contribution < 1.29 is 4.79 Å². The van der Waals surface area contributed by atoms with Gasteiger partial charge in [0, 0.05) is 0 Å². The summed E-state index contributed by atoms with van der Waals surface area (Å²) in [5.74, 6) is 0.411. The minimum Gasteiger partial charge on any atom is -0.303 e. The molecule has 1 aliphatic heterocycles. The lowest BCUT2D eigenvalue weighted by atomic mass is 10.1. The summed E-state index contributed by atoms with van der Waals surface area (Å²) in [6.07, 6.45) is 1.71. The third-order valence-corrected chi connectivity index (χ3v) is 3.23. The molecule has 1 aromatic rings. The smallest absolute Gasteiger partial charge is 0.236 e. The van der Waals surface area contributed by atoms with Crippen molar-refractivity contribution in [3.63, 3.8) is 0 Å². The monoisotopic (exact) mass is 247 g/mol. The Labute approximate surface area is 104 Å². The maximum absolute atomic E-state index is 10.9. The highest BCUT2D eigenvalue weighted by Gasteiger charge is 2.15. The van der Waals surface area contributed by atoms with Crippen molar-refractivity contribution in [2.45, 2.75) is 13.8 Å². The van der Waals surface area contributed by atoms with Gasteiger partial charge in [0.2, 0.25) is 5.91 Å². The van der Waals surface area contributed by atoms with Crippen LogP contribution in [-0.4, -0.2) is 23.0 Å². The molecule has 0 atom stereocenters. The number of nitrogens with zero attached hydrogens (tertiary/aromatic N) is 2. The Kier molecular flexibility index (Phi) is 3.58. The summed E-state index contributed by atoms with van der Waals surface area (Å²) in [5.41, 5.74) is 3.39. The normalized spacial score (nSPS) is 18.0. The van der Waals surface area contributed by atoms with Gasteiger partial charge in [0.05, 0.1) is 12.0 Å². The zero-order valence-corrected chi connectivity index (χ0v) is 10.5. The van der Waals surface area contributed by atoms with Crippen LogP contribution in [-0.2, 0) is 4.79 Å². The van der Waals surface area contributed by atoms with Crippen LogP contribution in [0.5, 0.6) is 0 Å². The van der Waals surface area contributed by atoms with Crippen molar-refractivity contribution in [1.29, 1.82) is 0 Å². The predicted molar refractivity (Wildman–Crippen MR) is 71.5 cm³/mol. The lowest BCUT2D eigenvalue weighted by Crippen LogP contribution is -2.19. The quantitative estimate of drug-likeness (QED) is 0.640. The number of amidine groups is 1. The van der Waals surface area contributed by atoms with Crippen LogP contribution in [0.2, 0.25) is 0 Å². The molecule has 1 fully saturated rings. The predicted octanol–water partition coefficient (Wildman–Crippen LogP) is 1.86. The molecule has 1 aromatic carbocycles. The van der Waals surface area contributed by atoms with E-state index >= 15 is 0 Å². The van der Waals surface area contributed by atoms with Crippen molar-refractivity contribution >= 4 is 29.1 Å². The van der Waals surface area contributed by atoms with Gasteiger partial charge in [0.25, 0.3) is 0 Å². The Bertz CT molecular complexity index is 508. The molecule has 2 rings (SSSR count). The number of hydrogen-bond acceptors (Lipinski definition) is 4. The molecular formula is C12H13N3OS. The van der Waals surface area contributed by atoms with E-state index < -0.39 is 0 Å². The van der Waals surface area contributed by atoms with Gasteiger partial charge in [-0.05, 0) is 25.0 Å². The first kappa shape index (κ1) is 11.9. The second kappa shape index (κ2) is 5.14. The fourth-order valence-corrected chi connectivity index (χ4v) is 2.05. The summed E-state index contributed by atoms with van der Waals surface area (Å²) in [6.45, 7) is 4.07. The molecule has 0 radical (unpaired) electrons. The van der Waals surface area contributed by atoms with Crippen LogP contribution in [0, 0.1) is 13.8 Å². The van der Waals surface area contributed by atoms with Crippen molar-refractivity contribution in [3.8, 4) is 0 Å². The number of carbonyl (C=O) groups is 1. The summed E-state index contributed by atoms with van der Waals surface area (Å²) >= 11 is 1.37. The molecule has 0 unspecified atom stereocenters. The SMILES string of the molecule is Cc1ccc(C)c(C=NN=C2NC(=O)CS2)c1. The van der Waals surface area contributed by atoms with Gasteiger partial charge >= 0.3 is 0 Å². The van der Waals surface area contributed by atoms with E-state index in [2.05, 4.69) is 33.7 Å². The minimum absolute atomic E-state index is 0.0179. The maximum Gasteiger partial charge on any atom is 0.236 e. The molecule has 88 valence electrons. The summed E-state index contributed by atoms with van der Waals surface area (Å²) in [6, 6.07) is 6.17. The second-order valence-electron chi connectivity index (χ2n) is 3.85. The standard InChI is InChI=1S/C12H13N3OS/c1-8-3-4-9(2)10(5-8)6-13-15-12-14-11(16)7-17-12/h3-6H,7H2,1-2H3,(H,14,15,16). The lowest BCUT2D eigenvalue weighted by molar-refractivity contribution is -0.116. The maximum atomic E-state index is 10.9. The Hall–Kier alpha value is -1.62. The van der Waals surface area contributed by atoms with Gasteiger partial charge in [0.1, 0.15) is 0 Å². The average molecular weight is 247 g/mol. The topological polar surface area (TPSA) is 53.8 Å². The Morgan fingerprint density at radius 1 is 1.41 bits per heavy atom. The Morgan fingerprint density at radius 3 is 2.94 bits per heavy atom. The van der Waals surface area contributed by atoms with E-state index in [1.54, 1.807) is 6.21 Å². The number of amides is 1. The van der Waals surface area contributed by atoms with Crippen LogP contribution < -0.4 is 5.32 Å². The van der Waals surface area contributed by atoms with Gasteiger partial charge in [-0.25, -0.2) is 0 Å². The molecule has 1 saturated heterocycles. The third-order valence-electron chi connectivity index (χ3n) is 2.37. The largest absolute Gasteiger partial charge is 0.303 e. The van der Waals surface area contributed by atoms with Crippen LogP contribution in [0.1, 0.15) is 16.7 Å². The number of carbonyl (C=O) groups excluding carboxylic acids is 1. The van der Waals surface area contributed by atoms with Crippen LogP contribution in [0.4, 0.5) is 0 Å². The van der Waals surface area contributed by atoms with E-state index in [4.69, 9.17) is 0 Å². The molecule has 4 nitrogen and oxygen atoms in total. The van der Waals surface area contributed by atoms with E-state index in [0.717, 1.165) is 11.1 Å². The van der Waals surface area contributed by atoms with Crippen molar-refractivity contribution in [2.75, 3.05) is 5.75 Å². The zero-order valence-electron chi connectivity index (χ0n) is 9.73. The Balaban J connectivity index is 2.10. The molecular weight excluding hydrogens is 234 g/mol. The highest BCUT2D eigenvalue weighted by molar-refractivity contribution is 8.15. The molecule has 0 aromatic heterocycles. The van der Waals surface area contributed by atoms with Crippen molar-refractivity contribution in [3.05, 3.63) is 34.9 Å². The van der Waals surface area contributed by atoms with Gasteiger partial charge < -0.3 is 5.32 Å². The molecule has 17 heavy (non-hydrogen) atoms. The van der Waals surface area contributed by atoms with E-state index in [9.17, 15) is 4.79 Å². The number of aryl methyl sites for hydroxylation is 2. The van der Waals surface area contributed by atoms with E-state index in [-0.39, 0.29) is 5.91 Å². The van der Waals surface area contributed by atoms with Crippen molar-refractivity contribution in [1.82, 2.24) is 5.32 Å². The molecule has 0 aliphatic carbocycles. The summed E-state index contributed by atoms with van der Waals surface area (Å²) in [4.78, 5) is 10.9. The fraction of sp³-hybridized carbons (Fsp3) is 0.250. The minimum atomic E-state index is -0.0179. The second-order valence-corrected chi connectivity index (χ2v) is 4.81. The number of benzene rings is 1. The van der Waals surface area contributed by atoms with Gasteiger partial charge in [-0.2, -0.15) is 5.10 Å². The summed E-state index contributed by atoms with van der Waals surface area (Å²) < 4.78 is 0. The first-order chi connectivity index (χ1) is 8.15. The fourth-order valence-electron chi connectivity index (χ4n) is 1.42. The van der Waals surface area contributed by atoms with Gasteiger partial charge in [-0.15, -0.1) is 5.10 Å².